The number of hydrogen-bond acceptors (Lipinski definition) is 3. The van der Waals surface area contributed by atoms with Crippen molar-refractivity contribution in [3.8, 4) is 28.4 Å². The molecule has 3 nitrogen and oxygen atoms in total. The second-order valence-corrected chi connectivity index (χ2v) is 8.08. The average Bonchev–Trinajstić information content (AvgIpc) is 2.62. The normalized spacial score (nSPS) is 11.7. The van der Waals surface area contributed by atoms with Gasteiger partial charge in [0.1, 0.15) is 17.2 Å². The molecule has 0 amide bonds. The summed E-state index contributed by atoms with van der Waals surface area (Å²) in [6.07, 6.45) is 1.74. The number of fused-ring (bicyclic) bond motifs is 1. The summed E-state index contributed by atoms with van der Waals surface area (Å²) in [4.78, 5) is 0. The molecule has 3 aromatic rings. The molecule has 3 rings (SSSR count). The first-order valence-corrected chi connectivity index (χ1v) is 9.42. The molecule has 0 atom stereocenters. The molecule has 3 heteroatoms. The van der Waals surface area contributed by atoms with Gasteiger partial charge in [0.05, 0.1) is 7.11 Å². The van der Waals surface area contributed by atoms with Crippen molar-refractivity contribution in [3.63, 3.8) is 0 Å². The second-order valence-electron chi connectivity index (χ2n) is 8.08. The lowest BCUT2D eigenvalue weighted by Crippen LogP contribution is -2.12. The maximum atomic E-state index is 10.8. The lowest BCUT2D eigenvalue weighted by Gasteiger charge is -2.24. The first kappa shape index (κ1) is 19.1. The van der Waals surface area contributed by atoms with Crippen LogP contribution in [0.25, 0.3) is 21.9 Å². The van der Waals surface area contributed by atoms with Crippen LogP contribution in [0, 0.1) is 0 Å². The summed E-state index contributed by atoms with van der Waals surface area (Å²) in [5.41, 5.74) is 3.33. The third-order valence-corrected chi connectivity index (χ3v) is 5.01. The SMILES string of the molecule is CCCc1cc(-c2c(O)ccc3cc(OC)ccc23)cc(C(C)(C)C)c1O. The number of aromatic hydroxyl groups is 2. The van der Waals surface area contributed by atoms with Gasteiger partial charge in [0.2, 0.25) is 0 Å². The van der Waals surface area contributed by atoms with Gasteiger partial charge in [-0.2, -0.15) is 0 Å². The Kier molecular flexibility index (Phi) is 5.05. The van der Waals surface area contributed by atoms with E-state index in [9.17, 15) is 10.2 Å². The van der Waals surface area contributed by atoms with Gasteiger partial charge in [-0.15, -0.1) is 0 Å². The zero-order valence-electron chi connectivity index (χ0n) is 16.8. The van der Waals surface area contributed by atoms with Crippen molar-refractivity contribution < 1.29 is 14.9 Å². The van der Waals surface area contributed by atoms with E-state index in [1.807, 2.05) is 36.4 Å². The van der Waals surface area contributed by atoms with E-state index in [0.29, 0.717) is 5.75 Å². The van der Waals surface area contributed by atoms with Crippen molar-refractivity contribution in [3.05, 3.63) is 53.6 Å². The van der Waals surface area contributed by atoms with E-state index >= 15 is 0 Å². The van der Waals surface area contributed by atoms with Crippen LogP contribution in [0.5, 0.6) is 17.2 Å². The van der Waals surface area contributed by atoms with Gasteiger partial charge in [0, 0.05) is 11.1 Å². The Labute approximate surface area is 161 Å². The van der Waals surface area contributed by atoms with E-state index in [2.05, 4.69) is 27.7 Å². The largest absolute Gasteiger partial charge is 0.507 e. The van der Waals surface area contributed by atoms with Gasteiger partial charge in [0.25, 0.3) is 0 Å². The smallest absolute Gasteiger partial charge is 0.124 e. The van der Waals surface area contributed by atoms with Crippen LogP contribution in [-0.2, 0) is 11.8 Å². The number of rotatable bonds is 4. The molecule has 0 fully saturated rings. The summed E-state index contributed by atoms with van der Waals surface area (Å²) < 4.78 is 5.33. The minimum atomic E-state index is -0.202. The fourth-order valence-electron chi connectivity index (χ4n) is 3.60. The van der Waals surface area contributed by atoms with E-state index < -0.39 is 0 Å². The van der Waals surface area contributed by atoms with Crippen molar-refractivity contribution >= 4 is 10.8 Å². The van der Waals surface area contributed by atoms with E-state index in [-0.39, 0.29) is 11.2 Å². The third-order valence-electron chi connectivity index (χ3n) is 5.01. The first-order valence-electron chi connectivity index (χ1n) is 9.42. The topological polar surface area (TPSA) is 49.7 Å². The quantitative estimate of drug-likeness (QED) is 0.581. The van der Waals surface area contributed by atoms with E-state index in [1.165, 1.54) is 0 Å². The molecule has 0 saturated carbocycles. The predicted molar refractivity (Wildman–Crippen MR) is 112 cm³/mol. The van der Waals surface area contributed by atoms with Gasteiger partial charge in [0.15, 0.2) is 0 Å². The molecule has 0 saturated heterocycles. The molecule has 0 heterocycles. The maximum Gasteiger partial charge on any atom is 0.124 e. The van der Waals surface area contributed by atoms with Gasteiger partial charge in [-0.1, -0.05) is 40.2 Å². The van der Waals surface area contributed by atoms with E-state index in [0.717, 1.165) is 51.6 Å². The number of benzene rings is 3. The summed E-state index contributed by atoms with van der Waals surface area (Å²) >= 11 is 0. The molecule has 0 bridgehead atoms. The number of methoxy groups -OCH3 is 1. The molecule has 0 aliphatic carbocycles. The Morgan fingerprint density at radius 1 is 0.963 bits per heavy atom. The Morgan fingerprint density at radius 3 is 2.33 bits per heavy atom. The summed E-state index contributed by atoms with van der Waals surface area (Å²) in [5.74, 6) is 1.39. The minimum Gasteiger partial charge on any atom is -0.507 e. The number of hydrogen-bond donors (Lipinski definition) is 2. The molecule has 142 valence electrons. The Balaban J connectivity index is 2.33. The molecule has 0 aromatic heterocycles. The average molecular weight is 364 g/mol. The molecule has 0 aliphatic rings. The minimum absolute atomic E-state index is 0.202. The zero-order chi connectivity index (χ0) is 19.8. The number of phenolic OH excluding ortho intramolecular Hbond substituents is 2. The van der Waals surface area contributed by atoms with Crippen molar-refractivity contribution in [1.29, 1.82) is 0 Å². The zero-order valence-corrected chi connectivity index (χ0v) is 16.8. The lowest BCUT2D eigenvalue weighted by molar-refractivity contribution is 0.415. The van der Waals surface area contributed by atoms with Gasteiger partial charge < -0.3 is 14.9 Å². The van der Waals surface area contributed by atoms with Crippen molar-refractivity contribution in [2.75, 3.05) is 7.11 Å². The van der Waals surface area contributed by atoms with Gasteiger partial charge in [-0.05, 0) is 70.1 Å². The number of ether oxygens (including phenoxy) is 1. The predicted octanol–water partition coefficient (Wildman–Crippen LogP) is 6.18. The molecular weight excluding hydrogens is 336 g/mol. The highest BCUT2D eigenvalue weighted by atomic mass is 16.5. The second kappa shape index (κ2) is 7.15. The van der Waals surface area contributed by atoms with Crippen LogP contribution in [0.15, 0.2) is 42.5 Å². The van der Waals surface area contributed by atoms with Crippen molar-refractivity contribution in [1.82, 2.24) is 0 Å². The standard InChI is InChI=1S/C24H28O3/c1-6-7-16-12-17(14-20(23(16)26)24(2,3)4)22-19-10-9-18(27-5)13-15(19)8-11-21(22)25/h8-14,25-26H,6-7H2,1-5H3. The van der Waals surface area contributed by atoms with Crippen LogP contribution < -0.4 is 4.74 Å². The van der Waals surface area contributed by atoms with Gasteiger partial charge in [-0.25, -0.2) is 0 Å². The van der Waals surface area contributed by atoms with Gasteiger partial charge >= 0.3 is 0 Å². The van der Waals surface area contributed by atoms with Crippen LogP contribution in [0.2, 0.25) is 0 Å². The molecule has 3 aromatic carbocycles. The Morgan fingerprint density at radius 2 is 1.70 bits per heavy atom. The molecule has 0 spiro atoms. The summed E-state index contributed by atoms with van der Waals surface area (Å²) in [5, 5.41) is 23.4. The summed E-state index contributed by atoms with van der Waals surface area (Å²) in [6.45, 7) is 8.38. The summed E-state index contributed by atoms with van der Waals surface area (Å²) in [6, 6.07) is 13.5. The fourth-order valence-corrected chi connectivity index (χ4v) is 3.60. The van der Waals surface area contributed by atoms with E-state index in [4.69, 9.17) is 4.74 Å². The Bertz CT molecular complexity index is 981. The molecule has 27 heavy (non-hydrogen) atoms. The van der Waals surface area contributed by atoms with Crippen molar-refractivity contribution in [2.24, 2.45) is 0 Å². The molecule has 0 unspecified atom stereocenters. The number of phenols is 2. The highest BCUT2D eigenvalue weighted by Gasteiger charge is 2.23. The lowest BCUT2D eigenvalue weighted by atomic mass is 9.82. The highest BCUT2D eigenvalue weighted by Crippen LogP contribution is 2.43. The number of aryl methyl sites for hydroxylation is 1. The van der Waals surface area contributed by atoms with Crippen LogP contribution in [-0.4, -0.2) is 17.3 Å². The Hall–Kier alpha value is -2.68. The third kappa shape index (κ3) is 3.59. The maximum absolute atomic E-state index is 10.8. The van der Waals surface area contributed by atoms with Crippen LogP contribution in [0.4, 0.5) is 0 Å². The van der Waals surface area contributed by atoms with Crippen molar-refractivity contribution in [2.45, 2.75) is 46.0 Å². The van der Waals surface area contributed by atoms with E-state index in [1.54, 1.807) is 13.2 Å². The van der Waals surface area contributed by atoms with Crippen LogP contribution >= 0.6 is 0 Å². The molecule has 2 N–H and O–H groups in total. The van der Waals surface area contributed by atoms with Gasteiger partial charge in [-0.3, -0.25) is 0 Å². The van der Waals surface area contributed by atoms with Crippen LogP contribution in [0.1, 0.15) is 45.2 Å². The van der Waals surface area contributed by atoms with Crippen LogP contribution in [0.3, 0.4) is 0 Å². The fraction of sp³-hybridized carbons (Fsp3) is 0.333. The highest BCUT2D eigenvalue weighted by molar-refractivity contribution is 6.00. The molecule has 0 radical (unpaired) electrons. The first-order chi connectivity index (χ1) is 12.8. The summed E-state index contributed by atoms with van der Waals surface area (Å²) in [7, 11) is 1.65. The molecular formula is C24H28O3. The molecule has 0 aliphatic heterocycles. The monoisotopic (exact) mass is 364 g/mol.